The van der Waals surface area contributed by atoms with Crippen molar-refractivity contribution in [1.29, 1.82) is 0 Å². The van der Waals surface area contributed by atoms with Crippen molar-refractivity contribution < 1.29 is 0 Å². The first kappa shape index (κ1) is 15.6. The summed E-state index contributed by atoms with van der Waals surface area (Å²) in [5, 5.41) is 5.63. The Bertz CT molecular complexity index is 1420. The summed E-state index contributed by atoms with van der Waals surface area (Å²) < 4.78 is 2.79. The summed E-state index contributed by atoms with van der Waals surface area (Å²) >= 11 is 0. The summed E-state index contributed by atoms with van der Waals surface area (Å²) in [6.45, 7) is 0.890. The molecule has 0 atom stereocenters. The average Bonchev–Trinajstić information content (AvgIpc) is 3.14. The molecular weight excluding hydrogens is 359 g/mol. The van der Waals surface area contributed by atoms with Crippen LogP contribution < -0.4 is 32.8 Å². The number of fused-ring (bicyclic) bond motifs is 7. The highest BCUT2D eigenvalue weighted by Gasteiger charge is 2.55. The highest BCUT2D eigenvalue weighted by Crippen LogP contribution is 2.27. The number of hydrogen-bond acceptors (Lipinski definition) is 1. The van der Waals surface area contributed by atoms with Crippen molar-refractivity contribution >= 4 is 74.9 Å². The van der Waals surface area contributed by atoms with E-state index in [1.165, 1.54) is 54.3 Å². The van der Waals surface area contributed by atoms with Crippen LogP contribution in [0.4, 0.5) is 0 Å². The van der Waals surface area contributed by atoms with Crippen LogP contribution in [0.25, 0.3) is 21.5 Å². The Balaban J connectivity index is 1.62. The minimum Gasteiger partial charge on any atom is -0.402 e. The van der Waals surface area contributed by atoms with Gasteiger partial charge in [-0.05, 0) is 21.5 Å². The molecule has 8 rings (SSSR count). The second kappa shape index (κ2) is 5.27. The molecule has 5 aromatic rings. The molecule has 0 saturated heterocycles. The summed E-state index contributed by atoms with van der Waals surface area (Å²) in [6.07, 6.45) is 0. The predicted octanol–water partition coefficient (Wildman–Crippen LogP) is 0.953. The monoisotopic (exact) mass is 375 g/mol. The fourth-order valence-electron chi connectivity index (χ4n) is 6.63. The van der Waals surface area contributed by atoms with Crippen molar-refractivity contribution in [1.82, 2.24) is 4.63 Å². The van der Waals surface area contributed by atoms with E-state index in [9.17, 15) is 0 Å². The number of nitrogens with zero attached hydrogens (tertiary/aromatic N) is 1. The van der Waals surface area contributed by atoms with Crippen molar-refractivity contribution in [3.8, 4) is 0 Å². The van der Waals surface area contributed by atoms with Gasteiger partial charge in [0.25, 0.3) is 20.5 Å². The maximum atomic E-state index is 2.79. The molecule has 3 heterocycles. The smallest absolute Gasteiger partial charge is 0.272 e. The van der Waals surface area contributed by atoms with Crippen molar-refractivity contribution in [2.24, 2.45) is 0 Å². The molecule has 0 amide bonds. The molecule has 0 radical (unpaired) electrons. The van der Waals surface area contributed by atoms with Crippen LogP contribution in [0.2, 0.25) is 0 Å². The third kappa shape index (κ3) is 1.66. The van der Waals surface area contributed by atoms with E-state index in [-0.39, 0.29) is 6.85 Å². The van der Waals surface area contributed by atoms with Crippen LogP contribution >= 0.6 is 0 Å². The van der Waals surface area contributed by atoms with Crippen molar-refractivity contribution in [2.75, 3.05) is 0 Å². The molecule has 4 heteroatoms. The molecule has 0 saturated carbocycles. The highest BCUT2D eigenvalue weighted by atomic mass is 15.0. The lowest BCUT2D eigenvalue weighted by Crippen LogP contribution is -2.76. The van der Waals surface area contributed by atoms with E-state index < -0.39 is 0 Å². The Labute approximate surface area is 176 Å². The van der Waals surface area contributed by atoms with Crippen molar-refractivity contribution in [3.63, 3.8) is 0 Å². The molecule has 0 aromatic heterocycles. The lowest BCUT2D eigenvalue weighted by atomic mass is 9.27. The van der Waals surface area contributed by atoms with Gasteiger partial charge in [0.1, 0.15) is 0 Å². The number of rotatable bonds is 0. The molecular formula is C26H16B3N. The molecule has 3 aliphatic rings. The second-order valence-corrected chi connectivity index (χ2v) is 8.87. The van der Waals surface area contributed by atoms with E-state index in [2.05, 4.69) is 102 Å². The lowest BCUT2D eigenvalue weighted by Gasteiger charge is -2.43. The van der Waals surface area contributed by atoms with Gasteiger partial charge in [0.15, 0.2) is 0 Å². The van der Waals surface area contributed by atoms with Gasteiger partial charge in [-0.1, -0.05) is 130 Å². The van der Waals surface area contributed by atoms with E-state index in [1.54, 1.807) is 0 Å². The van der Waals surface area contributed by atoms with Gasteiger partial charge in [0, 0.05) is 0 Å². The first-order chi connectivity index (χ1) is 14.9. The Morgan fingerprint density at radius 3 is 1.10 bits per heavy atom. The van der Waals surface area contributed by atoms with Gasteiger partial charge in [-0.3, -0.25) is 0 Å². The zero-order valence-corrected chi connectivity index (χ0v) is 16.4. The van der Waals surface area contributed by atoms with Gasteiger partial charge in [-0.25, -0.2) is 0 Å². The molecule has 0 aliphatic carbocycles. The minimum atomic E-state index is 0.282. The van der Waals surface area contributed by atoms with Crippen LogP contribution in [0.5, 0.6) is 0 Å². The fraction of sp³-hybridized carbons (Fsp3) is 0. The quantitative estimate of drug-likeness (QED) is 0.365. The average molecular weight is 375 g/mol. The molecule has 0 spiro atoms. The van der Waals surface area contributed by atoms with Crippen LogP contribution in [-0.2, 0) is 0 Å². The predicted molar refractivity (Wildman–Crippen MR) is 131 cm³/mol. The minimum absolute atomic E-state index is 0.282. The second-order valence-electron chi connectivity index (χ2n) is 8.87. The molecule has 30 heavy (non-hydrogen) atoms. The molecule has 0 N–H and O–H groups in total. The first-order valence-corrected chi connectivity index (χ1v) is 10.8. The van der Waals surface area contributed by atoms with E-state index >= 15 is 0 Å². The van der Waals surface area contributed by atoms with Crippen LogP contribution in [0.1, 0.15) is 0 Å². The van der Waals surface area contributed by atoms with E-state index in [1.807, 2.05) is 0 Å². The lowest BCUT2D eigenvalue weighted by molar-refractivity contribution is 1.07. The van der Waals surface area contributed by atoms with Gasteiger partial charge in [0.05, 0.1) is 0 Å². The molecule has 1 nitrogen and oxygen atoms in total. The Hall–Kier alpha value is -3.23. The van der Waals surface area contributed by atoms with Crippen LogP contribution in [0.15, 0.2) is 97.1 Å². The van der Waals surface area contributed by atoms with Gasteiger partial charge < -0.3 is 4.63 Å². The fourth-order valence-corrected chi connectivity index (χ4v) is 6.63. The Kier molecular flexibility index (Phi) is 2.74. The summed E-state index contributed by atoms with van der Waals surface area (Å²) in [5.41, 5.74) is 8.78. The summed E-state index contributed by atoms with van der Waals surface area (Å²) in [4.78, 5) is 0. The van der Waals surface area contributed by atoms with Gasteiger partial charge in [-0.2, -0.15) is 0 Å². The zero-order valence-electron chi connectivity index (χ0n) is 16.4. The topological polar surface area (TPSA) is 3.24 Å². The van der Waals surface area contributed by atoms with Gasteiger partial charge in [-0.15, -0.1) is 0 Å². The molecule has 3 aliphatic heterocycles. The maximum absolute atomic E-state index is 2.79. The maximum Gasteiger partial charge on any atom is 0.272 e. The van der Waals surface area contributed by atoms with E-state index in [0.717, 1.165) is 0 Å². The van der Waals surface area contributed by atoms with Crippen LogP contribution in [-0.4, -0.2) is 25.2 Å². The molecule has 0 unspecified atom stereocenters. The molecule has 0 fully saturated rings. The van der Waals surface area contributed by atoms with Gasteiger partial charge >= 0.3 is 0 Å². The third-order valence-electron chi connectivity index (χ3n) is 7.60. The zero-order chi connectivity index (χ0) is 19.4. The standard InChI is InChI=1S/C26H16B3N/c1-2-12-20-19(11-1)27-21-13-3-7-17-9-5-15-23(25(17)21)29-24-16-6-10-18-8-4-14-22(26(18)24)28(20)30(27)29/h1-16H. The first-order valence-electron chi connectivity index (χ1n) is 10.8. The van der Waals surface area contributed by atoms with Crippen LogP contribution in [0.3, 0.4) is 0 Å². The van der Waals surface area contributed by atoms with E-state index in [0.29, 0.717) is 13.7 Å². The molecule has 134 valence electrons. The molecule has 0 bridgehead atoms. The largest absolute Gasteiger partial charge is 0.402 e. The van der Waals surface area contributed by atoms with Crippen molar-refractivity contribution in [2.45, 2.75) is 0 Å². The summed E-state index contributed by atoms with van der Waals surface area (Å²) in [6, 6.07) is 36.6. The summed E-state index contributed by atoms with van der Waals surface area (Å²) in [7, 11) is 0. The van der Waals surface area contributed by atoms with Crippen LogP contribution in [0, 0.1) is 0 Å². The number of hydrogen-bond donors (Lipinski definition) is 0. The Morgan fingerprint density at radius 1 is 0.367 bits per heavy atom. The highest BCUT2D eigenvalue weighted by molar-refractivity contribution is 7.19. The van der Waals surface area contributed by atoms with Gasteiger partial charge in [0.2, 0.25) is 0 Å². The molecule has 5 aromatic carbocycles. The Morgan fingerprint density at radius 2 is 0.700 bits per heavy atom. The van der Waals surface area contributed by atoms with Crippen molar-refractivity contribution in [3.05, 3.63) is 97.1 Å². The third-order valence-corrected chi connectivity index (χ3v) is 7.60. The number of benzene rings is 5. The summed E-state index contributed by atoms with van der Waals surface area (Å²) in [5.74, 6) is 0. The SMILES string of the molecule is c1ccc2c(c1)B1c3cccc4cccc(c34)B3c4cccc5cccc(c45)B2N13. The normalized spacial score (nSPS) is 15.7. The van der Waals surface area contributed by atoms with E-state index in [4.69, 9.17) is 0 Å².